The number of benzene rings is 1. The predicted octanol–water partition coefficient (Wildman–Crippen LogP) is 2.74. The fraction of sp³-hybridized carbons (Fsp3) is 0.333. The summed E-state index contributed by atoms with van der Waals surface area (Å²) >= 11 is 0. The molecule has 0 aliphatic rings. The lowest BCUT2D eigenvalue weighted by Gasteiger charge is -2.16. The Morgan fingerprint density at radius 2 is 1.94 bits per heavy atom. The summed E-state index contributed by atoms with van der Waals surface area (Å²) in [6.07, 6.45) is 1.89. The maximum absolute atomic E-state index is 10.5. The van der Waals surface area contributed by atoms with Gasteiger partial charge in [-0.05, 0) is 31.4 Å². The summed E-state index contributed by atoms with van der Waals surface area (Å²) in [4.78, 5) is 8.67. The lowest BCUT2D eigenvalue weighted by Crippen LogP contribution is -2.09. The van der Waals surface area contributed by atoms with Crippen LogP contribution in [0.25, 0.3) is 0 Å². The summed E-state index contributed by atoms with van der Waals surface area (Å²) in [5.41, 5.74) is 4.36. The van der Waals surface area contributed by atoms with E-state index in [1.807, 2.05) is 38.1 Å². The van der Waals surface area contributed by atoms with Gasteiger partial charge < -0.3 is 5.11 Å². The molecule has 2 aromatic rings. The average molecular weight is 242 g/mol. The van der Waals surface area contributed by atoms with Gasteiger partial charge in [-0.15, -0.1) is 0 Å². The van der Waals surface area contributed by atoms with E-state index in [-0.39, 0.29) is 0 Å². The molecule has 0 aliphatic carbocycles. The Balaban J connectivity index is 2.44. The molecule has 0 aliphatic heterocycles. The standard InChI is InChI=1S/C15H18N2O/c1-4-12-7-5-6-8-13(12)15(18)14-11(3)17-10(2)9-16-14/h5-9,15,18H,4H2,1-3H3. The maximum atomic E-state index is 10.5. The Kier molecular flexibility index (Phi) is 3.72. The summed E-state index contributed by atoms with van der Waals surface area (Å²) in [6.45, 7) is 5.86. The minimum absolute atomic E-state index is 0.640. The minimum atomic E-state index is -0.700. The van der Waals surface area contributed by atoms with Crippen molar-refractivity contribution < 1.29 is 5.11 Å². The van der Waals surface area contributed by atoms with E-state index in [0.29, 0.717) is 5.69 Å². The summed E-state index contributed by atoms with van der Waals surface area (Å²) < 4.78 is 0. The van der Waals surface area contributed by atoms with Gasteiger partial charge in [0.1, 0.15) is 6.10 Å². The number of hydrogen-bond acceptors (Lipinski definition) is 3. The first-order valence-electron chi connectivity index (χ1n) is 6.19. The molecule has 0 spiro atoms. The molecule has 1 aromatic heterocycles. The number of aliphatic hydroxyl groups excluding tert-OH is 1. The highest BCUT2D eigenvalue weighted by Crippen LogP contribution is 2.25. The van der Waals surface area contributed by atoms with E-state index >= 15 is 0 Å². The Morgan fingerprint density at radius 1 is 1.22 bits per heavy atom. The van der Waals surface area contributed by atoms with Crippen LogP contribution in [0.3, 0.4) is 0 Å². The van der Waals surface area contributed by atoms with Gasteiger partial charge in [0.25, 0.3) is 0 Å². The van der Waals surface area contributed by atoms with Gasteiger partial charge in [0.05, 0.1) is 17.1 Å². The number of hydrogen-bond donors (Lipinski definition) is 1. The van der Waals surface area contributed by atoms with Crippen molar-refractivity contribution >= 4 is 0 Å². The maximum Gasteiger partial charge on any atom is 0.123 e. The third-order valence-corrected chi connectivity index (χ3v) is 3.09. The van der Waals surface area contributed by atoms with Gasteiger partial charge in [0.15, 0.2) is 0 Å². The van der Waals surface area contributed by atoms with Crippen LogP contribution in [0, 0.1) is 13.8 Å². The Bertz CT molecular complexity index is 552. The smallest absolute Gasteiger partial charge is 0.123 e. The van der Waals surface area contributed by atoms with Gasteiger partial charge >= 0.3 is 0 Å². The zero-order valence-electron chi connectivity index (χ0n) is 11.0. The van der Waals surface area contributed by atoms with Crippen molar-refractivity contribution in [1.29, 1.82) is 0 Å². The molecule has 94 valence electrons. The fourth-order valence-corrected chi connectivity index (χ4v) is 2.15. The molecule has 0 bridgehead atoms. The van der Waals surface area contributed by atoms with Gasteiger partial charge in [-0.3, -0.25) is 9.97 Å². The molecule has 1 aromatic carbocycles. The van der Waals surface area contributed by atoms with E-state index in [0.717, 1.165) is 28.9 Å². The van der Waals surface area contributed by atoms with E-state index in [1.165, 1.54) is 0 Å². The van der Waals surface area contributed by atoms with Gasteiger partial charge in [-0.25, -0.2) is 0 Å². The van der Waals surface area contributed by atoms with Crippen molar-refractivity contribution in [2.45, 2.75) is 33.3 Å². The normalized spacial score (nSPS) is 12.4. The lowest BCUT2D eigenvalue weighted by molar-refractivity contribution is 0.212. The summed E-state index contributed by atoms with van der Waals surface area (Å²) in [5.74, 6) is 0. The van der Waals surface area contributed by atoms with Gasteiger partial charge in [0.2, 0.25) is 0 Å². The molecule has 3 nitrogen and oxygen atoms in total. The van der Waals surface area contributed by atoms with Crippen molar-refractivity contribution in [1.82, 2.24) is 9.97 Å². The average Bonchev–Trinajstić information content (AvgIpc) is 2.38. The molecule has 1 unspecified atom stereocenters. The van der Waals surface area contributed by atoms with Crippen LogP contribution in [-0.2, 0) is 6.42 Å². The SMILES string of the molecule is CCc1ccccc1C(O)c1ncc(C)nc1C. The largest absolute Gasteiger partial charge is 0.382 e. The van der Waals surface area contributed by atoms with Crippen LogP contribution in [0.15, 0.2) is 30.5 Å². The molecule has 0 radical (unpaired) electrons. The molecule has 1 heterocycles. The minimum Gasteiger partial charge on any atom is -0.382 e. The molecule has 2 rings (SSSR count). The molecule has 0 fully saturated rings. The van der Waals surface area contributed by atoms with Gasteiger partial charge in [-0.2, -0.15) is 0 Å². The second-order valence-electron chi connectivity index (χ2n) is 4.44. The van der Waals surface area contributed by atoms with E-state index in [9.17, 15) is 5.11 Å². The van der Waals surface area contributed by atoms with Crippen molar-refractivity contribution in [2.75, 3.05) is 0 Å². The number of aryl methyl sites for hydroxylation is 3. The van der Waals surface area contributed by atoms with Crippen LogP contribution in [0.4, 0.5) is 0 Å². The van der Waals surface area contributed by atoms with Crippen molar-refractivity contribution in [3.63, 3.8) is 0 Å². The Morgan fingerprint density at radius 3 is 2.61 bits per heavy atom. The number of aliphatic hydroxyl groups is 1. The first-order valence-corrected chi connectivity index (χ1v) is 6.19. The molecule has 0 amide bonds. The summed E-state index contributed by atoms with van der Waals surface area (Å²) in [5, 5.41) is 10.5. The molecule has 1 N–H and O–H groups in total. The third kappa shape index (κ3) is 2.41. The van der Waals surface area contributed by atoms with Crippen LogP contribution in [-0.4, -0.2) is 15.1 Å². The summed E-state index contributed by atoms with van der Waals surface area (Å²) in [7, 11) is 0. The van der Waals surface area contributed by atoms with Gasteiger partial charge in [0, 0.05) is 6.20 Å². The molecular formula is C15H18N2O. The zero-order chi connectivity index (χ0) is 13.1. The Hall–Kier alpha value is -1.74. The highest BCUT2D eigenvalue weighted by Gasteiger charge is 2.17. The van der Waals surface area contributed by atoms with Crippen LogP contribution in [0.1, 0.15) is 41.2 Å². The van der Waals surface area contributed by atoms with Crippen LogP contribution in [0.2, 0.25) is 0 Å². The summed E-state index contributed by atoms with van der Waals surface area (Å²) in [6, 6.07) is 7.91. The molecule has 0 saturated carbocycles. The van der Waals surface area contributed by atoms with Crippen LogP contribution >= 0.6 is 0 Å². The lowest BCUT2D eigenvalue weighted by atomic mass is 9.97. The number of aromatic nitrogens is 2. The highest BCUT2D eigenvalue weighted by molar-refractivity contribution is 5.34. The molecule has 0 saturated heterocycles. The van der Waals surface area contributed by atoms with Crippen molar-refractivity contribution in [2.24, 2.45) is 0 Å². The van der Waals surface area contributed by atoms with E-state index in [2.05, 4.69) is 16.9 Å². The van der Waals surface area contributed by atoms with E-state index < -0.39 is 6.10 Å². The van der Waals surface area contributed by atoms with Crippen molar-refractivity contribution in [3.8, 4) is 0 Å². The first kappa shape index (κ1) is 12.7. The third-order valence-electron chi connectivity index (χ3n) is 3.09. The van der Waals surface area contributed by atoms with Crippen LogP contribution in [0.5, 0.6) is 0 Å². The zero-order valence-corrected chi connectivity index (χ0v) is 11.0. The second-order valence-corrected chi connectivity index (χ2v) is 4.44. The molecular weight excluding hydrogens is 224 g/mol. The van der Waals surface area contributed by atoms with Crippen LogP contribution < -0.4 is 0 Å². The van der Waals surface area contributed by atoms with E-state index in [1.54, 1.807) is 6.20 Å². The van der Waals surface area contributed by atoms with E-state index in [4.69, 9.17) is 0 Å². The molecule has 3 heteroatoms. The second kappa shape index (κ2) is 5.27. The fourth-order valence-electron chi connectivity index (χ4n) is 2.15. The van der Waals surface area contributed by atoms with Crippen molar-refractivity contribution in [3.05, 3.63) is 58.7 Å². The topological polar surface area (TPSA) is 46.0 Å². The molecule has 1 atom stereocenters. The quantitative estimate of drug-likeness (QED) is 0.900. The first-order chi connectivity index (χ1) is 8.63. The van der Waals surface area contributed by atoms with Gasteiger partial charge in [-0.1, -0.05) is 31.2 Å². The molecule has 18 heavy (non-hydrogen) atoms. The Labute approximate surface area is 108 Å². The number of rotatable bonds is 3. The predicted molar refractivity (Wildman–Crippen MR) is 71.4 cm³/mol. The highest BCUT2D eigenvalue weighted by atomic mass is 16.3. The monoisotopic (exact) mass is 242 g/mol. The number of nitrogens with zero attached hydrogens (tertiary/aromatic N) is 2.